The van der Waals surface area contributed by atoms with Gasteiger partial charge in [-0.25, -0.2) is 4.57 Å². The largest absolute Gasteiger partial charge is 0.309 e. The van der Waals surface area contributed by atoms with Gasteiger partial charge in [-0.3, -0.25) is 0 Å². The number of fused-ring (bicyclic) bond motifs is 17. The van der Waals surface area contributed by atoms with Gasteiger partial charge < -0.3 is 4.57 Å². The van der Waals surface area contributed by atoms with Crippen molar-refractivity contribution in [2.45, 2.75) is 6.92 Å². The number of aromatic nitrogens is 2. The zero-order chi connectivity index (χ0) is 26.1. The van der Waals surface area contributed by atoms with Gasteiger partial charge in [-0.15, -0.1) is 0 Å². The lowest BCUT2D eigenvalue weighted by atomic mass is 9.95. The minimum absolute atomic E-state index is 1.17. The molecule has 184 valence electrons. The van der Waals surface area contributed by atoms with Crippen LogP contribution in [-0.4, -0.2) is 4.57 Å². The fourth-order valence-electron chi connectivity index (χ4n) is 6.28. The summed E-state index contributed by atoms with van der Waals surface area (Å²) in [5.74, 6) is 0. The summed E-state index contributed by atoms with van der Waals surface area (Å²) in [5.41, 5.74) is 14.7. The van der Waals surface area contributed by atoms with Crippen molar-refractivity contribution in [1.29, 1.82) is 0 Å². The molecule has 0 spiro atoms. The molecule has 0 aliphatic carbocycles. The van der Waals surface area contributed by atoms with Crippen LogP contribution in [0.3, 0.4) is 0 Å². The highest BCUT2D eigenvalue weighted by atomic mass is 15.0. The quantitative estimate of drug-likeness (QED) is 0.184. The Bertz CT molecular complexity index is 2090. The lowest BCUT2D eigenvalue weighted by Gasteiger charge is -2.14. The van der Waals surface area contributed by atoms with Crippen molar-refractivity contribution in [2.75, 3.05) is 0 Å². The molecule has 7 aromatic rings. The minimum atomic E-state index is 1.17. The van der Waals surface area contributed by atoms with E-state index in [1.54, 1.807) is 0 Å². The molecule has 0 saturated heterocycles. The fourth-order valence-corrected chi connectivity index (χ4v) is 6.28. The molecule has 0 unspecified atom stereocenters. The van der Waals surface area contributed by atoms with E-state index in [0.717, 1.165) is 0 Å². The maximum absolute atomic E-state index is 2.43. The Morgan fingerprint density at radius 3 is 1.85 bits per heavy atom. The lowest BCUT2D eigenvalue weighted by molar-refractivity contribution is -0.660. The molecular formula is C37H27N2+. The van der Waals surface area contributed by atoms with Gasteiger partial charge in [0.2, 0.25) is 5.69 Å². The highest BCUT2D eigenvalue weighted by Gasteiger charge is 2.20. The van der Waals surface area contributed by atoms with E-state index in [-0.39, 0.29) is 0 Å². The summed E-state index contributed by atoms with van der Waals surface area (Å²) in [4.78, 5) is 0. The molecule has 10 bridgehead atoms. The van der Waals surface area contributed by atoms with Gasteiger partial charge in [0.25, 0.3) is 0 Å². The maximum atomic E-state index is 2.43. The molecule has 39 heavy (non-hydrogen) atoms. The Kier molecular flexibility index (Phi) is 4.68. The van der Waals surface area contributed by atoms with Crippen molar-refractivity contribution >= 4 is 21.8 Å². The van der Waals surface area contributed by atoms with E-state index >= 15 is 0 Å². The van der Waals surface area contributed by atoms with Crippen molar-refractivity contribution in [3.8, 4) is 50.3 Å². The van der Waals surface area contributed by atoms with Crippen LogP contribution in [-0.2, 0) is 7.05 Å². The second-order valence-corrected chi connectivity index (χ2v) is 10.7. The van der Waals surface area contributed by atoms with E-state index in [9.17, 15) is 0 Å². The first-order valence-corrected chi connectivity index (χ1v) is 13.5. The van der Waals surface area contributed by atoms with Crippen LogP contribution in [0.4, 0.5) is 0 Å². The molecule has 0 saturated carbocycles. The summed E-state index contributed by atoms with van der Waals surface area (Å²) in [6.45, 7) is 2.24. The molecular weight excluding hydrogens is 472 g/mol. The molecule has 2 nitrogen and oxygen atoms in total. The zero-order valence-electron chi connectivity index (χ0n) is 22.0. The third-order valence-corrected chi connectivity index (χ3v) is 8.27. The highest BCUT2D eigenvalue weighted by Crippen LogP contribution is 2.38. The number of aryl methyl sites for hydroxylation is 2. The maximum Gasteiger partial charge on any atom is 0.213 e. The number of pyridine rings is 1. The van der Waals surface area contributed by atoms with Crippen LogP contribution in [0.15, 0.2) is 128 Å². The van der Waals surface area contributed by atoms with Gasteiger partial charge in [-0.1, -0.05) is 66.7 Å². The normalized spacial score (nSPS) is 11.8. The van der Waals surface area contributed by atoms with Crippen molar-refractivity contribution in [3.05, 3.63) is 133 Å². The highest BCUT2D eigenvalue weighted by molar-refractivity contribution is 6.10. The van der Waals surface area contributed by atoms with Crippen molar-refractivity contribution in [1.82, 2.24) is 4.57 Å². The van der Waals surface area contributed by atoms with E-state index < -0.39 is 0 Å². The molecule has 0 radical (unpaired) electrons. The molecule has 0 amide bonds. The van der Waals surface area contributed by atoms with Crippen LogP contribution in [0.25, 0.3) is 72.1 Å². The summed E-state index contributed by atoms with van der Waals surface area (Å²) in [6.07, 6.45) is 2.18. The van der Waals surface area contributed by atoms with Crippen LogP contribution in [0, 0.1) is 6.92 Å². The van der Waals surface area contributed by atoms with E-state index in [1.807, 2.05) is 0 Å². The summed E-state index contributed by atoms with van der Waals surface area (Å²) < 4.78 is 4.67. The first-order chi connectivity index (χ1) is 19.1. The van der Waals surface area contributed by atoms with E-state index in [0.29, 0.717) is 0 Å². The van der Waals surface area contributed by atoms with Crippen LogP contribution in [0.1, 0.15) is 5.56 Å². The van der Waals surface area contributed by atoms with Crippen LogP contribution < -0.4 is 4.57 Å². The Balaban J connectivity index is 1.55. The molecule has 1 aliphatic rings. The van der Waals surface area contributed by atoms with Crippen molar-refractivity contribution < 1.29 is 4.57 Å². The van der Waals surface area contributed by atoms with Crippen molar-refractivity contribution in [2.24, 2.45) is 7.05 Å². The lowest BCUT2D eigenvalue weighted by Crippen LogP contribution is -2.30. The zero-order valence-corrected chi connectivity index (χ0v) is 22.0. The molecule has 3 heterocycles. The Hall–Kier alpha value is -4.95. The Labute approximate surface area is 228 Å². The van der Waals surface area contributed by atoms with Gasteiger partial charge in [0.1, 0.15) is 7.05 Å². The molecule has 1 aliphatic heterocycles. The molecule has 0 fully saturated rings. The summed E-state index contributed by atoms with van der Waals surface area (Å²) >= 11 is 0. The first-order valence-electron chi connectivity index (χ1n) is 13.5. The van der Waals surface area contributed by atoms with E-state index in [2.05, 4.69) is 151 Å². The minimum Gasteiger partial charge on any atom is -0.309 e. The van der Waals surface area contributed by atoms with Gasteiger partial charge in [0, 0.05) is 28.6 Å². The van der Waals surface area contributed by atoms with E-state index in [1.165, 1.54) is 77.7 Å². The number of hydrogen-bond donors (Lipinski definition) is 0. The van der Waals surface area contributed by atoms with Gasteiger partial charge in [0.15, 0.2) is 6.20 Å². The standard InChI is InChI=1S/C37H27N2/c1-24-18-34-32-14-3-4-15-35(32)39-31-13-7-12-29(21-31)27-10-5-8-25(19-27)26-9-6-11-28(20-26)30-16-17-38(2)36(22-30)33(24)23-37(34)39/h3-23H,1-2H3/q+1. The Morgan fingerprint density at radius 1 is 0.513 bits per heavy atom. The summed E-state index contributed by atoms with van der Waals surface area (Å²) in [7, 11) is 2.14. The van der Waals surface area contributed by atoms with Crippen molar-refractivity contribution in [3.63, 3.8) is 0 Å². The van der Waals surface area contributed by atoms with Gasteiger partial charge in [-0.05, 0) is 88.3 Å². The fraction of sp³-hybridized carbons (Fsp3) is 0.0541. The molecule has 2 aromatic heterocycles. The molecule has 2 heteroatoms. The van der Waals surface area contributed by atoms with Gasteiger partial charge in [-0.2, -0.15) is 0 Å². The topological polar surface area (TPSA) is 8.81 Å². The second-order valence-electron chi connectivity index (χ2n) is 10.7. The number of benzene rings is 5. The Morgan fingerprint density at radius 2 is 1.13 bits per heavy atom. The third kappa shape index (κ3) is 3.38. The van der Waals surface area contributed by atoms with E-state index in [4.69, 9.17) is 0 Å². The monoisotopic (exact) mass is 499 g/mol. The number of para-hydroxylation sites is 1. The average Bonchev–Trinajstić information content (AvgIpc) is 3.30. The molecule has 8 rings (SSSR count). The van der Waals surface area contributed by atoms with Gasteiger partial charge >= 0.3 is 0 Å². The van der Waals surface area contributed by atoms with Crippen LogP contribution >= 0.6 is 0 Å². The number of hydrogen-bond acceptors (Lipinski definition) is 0. The van der Waals surface area contributed by atoms with Crippen LogP contribution in [0.2, 0.25) is 0 Å². The predicted octanol–water partition coefficient (Wildman–Crippen LogP) is 8.90. The second kappa shape index (κ2) is 8.28. The molecule has 5 aromatic carbocycles. The average molecular weight is 500 g/mol. The third-order valence-electron chi connectivity index (χ3n) is 8.27. The number of rotatable bonds is 0. The molecule has 0 atom stereocenters. The first kappa shape index (κ1) is 22.1. The number of nitrogens with zero attached hydrogens (tertiary/aromatic N) is 2. The molecule has 0 N–H and O–H groups in total. The summed E-state index contributed by atoms with van der Waals surface area (Å²) in [5, 5.41) is 2.56. The smallest absolute Gasteiger partial charge is 0.213 e. The summed E-state index contributed by atoms with van der Waals surface area (Å²) in [6, 6.07) is 44.9. The predicted molar refractivity (Wildman–Crippen MR) is 162 cm³/mol. The van der Waals surface area contributed by atoms with Gasteiger partial charge in [0.05, 0.1) is 16.6 Å². The van der Waals surface area contributed by atoms with Crippen LogP contribution in [0.5, 0.6) is 0 Å². The SMILES string of the molecule is Cc1cc2c3ccccc3n3c2cc1-c1cc(cc[n+]1C)-c1cccc(c1)-c1cccc(c1)-c1cccc-3c1.